The SMILES string of the molecule is O=c1[nH]c(C=Cc2ccccc2OCc2ccc3ccccc3c2)nc(O)c1[N+](=O)[O-]. The van der Waals surface area contributed by atoms with Crippen LogP contribution in [0.15, 0.2) is 71.5 Å². The topological polar surface area (TPSA) is 118 Å². The molecule has 8 heteroatoms. The summed E-state index contributed by atoms with van der Waals surface area (Å²) < 4.78 is 5.98. The molecule has 0 saturated heterocycles. The molecule has 0 bridgehead atoms. The first-order chi connectivity index (χ1) is 15.0. The van der Waals surface area contributed by atoms with Crippen LogP contribution in [0.25, 0.3) is 22.9 Å². The van der Waals surface area contributed by atoms with Crippen molar-refractivity contribution < 1.29 is 14.8 Å². The number of benzene rings is 3. The number of hydrogen-bond acceptors (Lipinski definition) is 6. The maximum atomic E-state index is 11.8. The minimum absolute atomic E-state index is 0.0163. The van der Waals surface area contributed by atoms with Gasteiger partial charge >= 0.3 is 11.2 Å². The van der Waals surface area contributed by atoms with E-state index in [0.717, 1.165) is 16.3 Å². The molecule has 0 fully saturated rings. The fourth-order valence-electron chi connectivity index (χ4n) is 3.12. The molecule has 0 spiro atoms. The van der Waals surface area contributed by atoms with E-state index in [1.807, 2.05) is 54.6 Å². The maximum Gasteiger partial charge on any atom is 0.395 e. The van der Waals surface area contributed by atoms with Gasteiger partial charge in [-0.05, 0) is 40.6 Å². The highest BCUT2D eigenvalue weighted by Gasteiger charge is 2.21. The second kappa shape index (κ2) is 8.50. The van der Waals surface area contributed by atoms with Gasteiger partial charge in [-0.2, -0.15) is 4.98 Å². The average molecular weight is 415 g/mol. The lowest BCUT2D eigenvalue weighted by Crippen LogP contribution is -2.14. The minimum atomic E-state index is -1.03. The number of aromatic nitrogens is 2. The van der Waals surface area contributed by atoms with E-state index in [1.165, 1.54) is 6.08 Å². The third kappa shape index (κ3) is 4.43. The molecule has 0 unspecified atom stereocenters. The van der Waals surface area contributed by atoms with Crippen LogP contribution in [0.1, 0.15) is 17.0 Å². The smallest absolute Gasteiger partial charge is 0.395 e. The summed E-state index contributed by atoms with van der Waals surface area (Å²) in [6.45, 7) is 0.364. The fraction of sp³-hybridized carbons (Fsp3) is 0.0435. The zero-order chi connectivity index (χ0) is 21.8. The number of nitrogens with zero attached hydrogens (tertiary/aromatic N) is 2. The van der Waals surface area contributed by atoms with Crippen LogP contribution >= 0.6 is 0 Å². The Morgan fingerprint density at radius 2 is 1.77 bits per heavy atom. The summed E-state index contributed by atoms with van der Waals surface area (Å²) in [6, 6.07) is 21.5. The molecule has 31 heavy (non-hydrogen) atoms. The molecule has 1 aromatic heterocycles. The normalized spacial score (nSPS) is 11.1. The van der Waals surface area contributed by atoms with Gasteiger partial charge in [0.15, 0.2) is 0 Å². The van der Waals surface area contributed by atoms with Crippen LogP contribution in [0, 0.1) is 10.1 Å². The lowest BCUT2D eigenvalue weighted by atomic mass is 10.1. The molecule has 4 rings (SSSR count). The van der Waals surface area contributed by atoms with Crippen molar-refractivity contribution >= 4 is 28.6 Å². The van der Waals surface area contributed by atoms with Crippen molar-refractivity contribution in [1.29, 1.82) is 0 Å². The summed E-state index contributed by atoms with van der Waals surface area (Å²) in [5.41, 5.74) is -0.290. The lowest BCUT2D eigenvalue weighted by Gasteiger charge is -2.10. The standard InChI is InChI=1S/C23H17N3O5/c27-22-21(26(29)30)23(28)25-20(24-22)12-11-17-6-3-4-8-19(17)31-14-15-9-10-16-5-1-2-7-18(16)13-15/h1-13H,14H2,(H2,24,25,27,28). The lowest BCUT2D eigenvalue weighted by molar-refractivity contribution is -0.387. The number of rotatable bonds is 6. The van der Waals surface area contributed by atoms with Crippen molar-refractivity contribution in [3.8, 4) is 11.6 Å². The van der Waals surface area contributed by atoms with E-state index < -0.39 is 22.0 Å². The van der Waals surface area contributed by atoms with E-state index in [1.54, 1.807) is 6.08 Å². The molecule has 0 aliphatic carbocycles. The highest BCUT2D eigenvalue weighted by molar-refractivity contribution is 5.83. The number of hydrogen-bond donors (Lipinski definition) is 2. The van der Waals surface area contributed by atoms with Crippen molar-refractivity contribution in [1.82, 2.24) is 9.97 Å². The van der Waals surface area contributed by atoms with Gasteiger partial charge in [-0.1, -0.05) is 54.6 Å². The van der Waals surface area contributed by atoms with Gasteiger partial charge in [0.05, 0.1) is 4.92 Å². The molecule has 4 aromatic rings. The van der Waals surface area contributed by atoms with Gasteiger partial charge < -0.3 is 14.8 Å². The van der Waals surface area contributed by atoms with Gasteiger partial charge in [-0.25, -0.2) is 0 Å². The molecule has 154 valence electrons. The number of nitro groups is 1. The molecule has 0 radical (unpaired) electrons. The Bertz CT molecular complexity index is 1360. The van der Waals surface area contributed by atoms with Crippen molar-refractivity contribution in [2.45, 2.75) is 6.61 Å². The Hall–Kier alpha value is -4.46. The number of H-pyrrole nitrogens is 1. The zero-order valence-corrected chi connectivity index (χ0v) is 16.2. The predicted molar refractivity (Wildman–Crippen MR) is 117 cm³/mol. The molecular weight excluding hydrogens is 398 g/mol. The first-order valence-corrected chi connectivity index (χ1v) is 9.36. The number of nitrogens with one attached hydrogen (secondary N) is 1. The van der Waals surface area contributed by atoms with Crippen molar-refractivity contribution in [3.63, 3.8) is 0 Å². The van der Waals surface area contributed by atoms with Gasteiger partial charge in [0, 0.05) is 5.56 Å². The first-order valence-electron chi connectivity index (χ1n) is 9.36. The monoisotopic (exact) mass is 415 g/mol. The second-order valence-corrected chi connectivity index (χ2v) is 6.72. The molecule has 0 aliphatic heterocycles. The molecular formula is C23H17N3O5. The van der Waals surface area contributed by atoms with Crippen molar-refractivity contribution in [3.05, 3.63) is 104 Å². The Morgan fingerprint density at radius 1 is 1.03 bits per heavy atom. The van der Waals surface area contributed by atoms with Gasteiger partial charge in [-0.15, -0.1) is 0 Å². The summed E-state index contributed by atoms with van der Waals surface area (Å²) in [6.07, 6.45) is 3.07. The Kier molecular flexibility index (Phi) is 5.44. The quantitative estimate of drug-likeness (QED) is 0.358. The zero-order valence-electron chi connectivity index (χ0n) is 16.2. The van der Waals surface area contributed by atoms with E-state index in [9.17, 15) is 20.0 Å². The summed E-state index contributed by atoms with van der Waals surface area (Å²) in [5, 5.41) is 22.7. The number of para-hydroxylation sites is 1. The summed E-state index contributed by atoms with van der Waals surface area (Å²) >= 11 is 0. The number of fused-ring (bicyclic) bond motifs is 1. The van der Waals surface area contributed by atoms with Crippen LogP contribution in [-0.2, 0) is 6.61 Å². The minimum Gasteiger partial charge on any atom is -0.488 e. The highest BCUT2D eigenvalue weighted by atomic mass is 16.6. The maximum absolute atomic E-state index is 11.8. The Morgan fingerprint density at radius 3 is 2.55 bits per heavy atom. The van der Waals surface area contributed by atoms with Gasteiger partial charge in [0.25, 0.3) is 5.88 Å². The summed E-state index contributed by atoms with van der Waals surface area (Å²) in [7, 11) is 0. The summed E-state index contributed by atoms with van der Waals surface area (Å²) in [5.74, 6) is -0.341. The fourth-order valence-corrected chi connectivity index (χ4v) is 3.12. The van der Waals surface area contributed by atoms with Crippen LogP contribution < -0.4 is 10.3 Å². The van der Waals surface area contributed by atoms with Crippen LogP contribution in [-0.4, -0.2) is 20.0 Å². The molecule has 0 aliphatic rings. The largest absolute Gasteiger partial charge is 0.488 e. The van der Waals surface area contributed by atoms with Gasteiger partial charge in [0.2, 0.25) is 0 Å². The highest BCUT2D eigenvalue weighted by Crippen LogP contribution is 2.23. The van der Waals surface area contributed by atoms with Crippen molar-refractivity contribution in [2.24, 2.45) is 0 Å². The van der Waals surface area contributed by atoms with Crippen LogP contribution in [0.3, 0.4) is 0 Å². The molecule has 0 saturated carbocycles. The van der Waals surface area contributed by atoms with E-state index >= 15 is 0 Å². The van der Waals surface area contributed by atoms with Gasteiger partial charge in [-0.3, -0.25) is 14.9 Å². The number of aromatic hydroxyl groups is 1. The van der Waals surface area contributed by atoms with Crippen LogP contribution in [0.4, 0.5) is 5.69 Å². The first kappa shape index (κ1) is 19.8. The molecule has 1 heterocycles. The number of ether oxygens (including phenoxy) is 1. The molecule has 2 N–H and O–H groups in total. The van der Waals surface area contributed by atoms with E-state index in [4.69, 9.17) is 4.74 Å². The third-order valence-electron chi connectivity index (χ3n) is 4.63. The molecule has 3 aromatic carbocycles. The van der Waals surface area contributed by atoms with Crippen LogP contribution in [0.2, 0.25) is 0 Å². The van der Waals surface area contributed by atoms with Gasteiger partial charge in [0.1, 0.15) is 18.2 Å². The number of aromatic amines is 1. The average Bonchev–Trinajstić information content (AvgIpc) is 2.76. The van der Waals surface area contributed by atoms with E-state index in [-0.39, 0.29) is 5.82 Å². The van der Waals surface area contributed by atoms with Crippen LogP contribution in [0.5, 0.6) is 11.6 Å². The second-order valence-electron chi connectivity index (χ2n) is 6.72. The third-order valence-corrected chi connectivity index (χ3v) is 4.63. The Labute approximate surface area is 176 Å². The van der Waals surface area contributed by atoms with E-state index in [0.29, 0.717) is 17.9 Å². The molecule has 0 atom stereocenters. The predicted octanol–water partition coefficient (Wildman–Crippen LogP) is 4.29. The molecule has 8 nitrogen and oxygen atoms in total. The summed E-state index contributed by atoms with van der Waals surface area (Å²) in [4.78, 5) is 27.5. The Balaban J connectivity index is 1.54. The van der Waals surface area contributed by atoms with E-state index in [2.05, 4.69) is 22.1 Å². The molecule has 0 amide bonds. The van der Waals surface area contributed by atoms with Crippen molar-refractivity contribution in [2.75, 3.05) is 0 Å².